The molecule has 0 unspecified atom stereocenters. The summed E-state index contributed by atoms with van der Waals surface area (Å²) >= 11 is 0. The zero-order valence-electron chi connectivity index (χ0n) is 14.4. The average Bonchev–Trinajstić information content (AvgIpc) is 2.96. The lowest BCUT2D eigenvalue weighted by atomic mass is 10.1. The molecule has 0 amide bonds. The highest BCUT2D eigenvalue weighted by molar-refractivity contribution is 5.18. The fourth-order valence-electron chi connectivity index (χ4n) is 2.59. The first-order chi connectivity index (χ1) is 11.3. The molecular formula is C19H29N3O. The van der Waals surface area contributed by atoms with Gasteiger partial charge in [-0.25, -0.2) is 4.68 Å². The zero-order chi connectivity index (χ0) is 16.3. The first kappa shape index (κ1) is 17.5. The minimum Gasteiger partial charge on any atom is -0.473 e. The van der Waals surface area contributed by atoms with Gasteiger partial charge in [0.25, 0.3) is 0 Å². The van der Waals surface area contributed by atoms with E-state index in [-0.39, 0.29) is 0 Å². The standard InChI is InChI=1S/C19H29N3O/c1-3-4-5-6-10-13-22-19(14-18(21-22)15-20-2)23-16-17-11-8-7-9-12-17/h7-9,11-12,14,20H,3-6,10,13,15-16H2,1-2H3. The van der Waals surface area contributed by atoms with Crippen LogP contribution in [0.25, 0.3) is 0 Å². The molecule has 1 aromatic heterocycles. The highest BCUT2D eigenvalue weighted by atomic mass is 16.5. The molecular weight excluding hydrogens is 286 g/mol. The molecule has 0 bridgehead atoms. The van der Waals surface area contributed by atoms with Crippen LogP contribution in [0.5, 0.6) is 5.88 Å². The van der Waals surface area contributed by atoms with E-state index in [9.17, 15) is 0 Å². The number of unbranched alkanes of at least 4 members (excludes halogenated alkanes) is 4. The summed E-state index contributed by atoms with van der Waals surface area (Å²) in [5.41, 5.74) is 2.21. The normalized spacial score (nSPS) is 10.9. The van der Waals surface area contributed by atoms with Crippen LogP contribution in [0.3, 0.4) is 0 Å². The van der Waals surface area contributed by atoms with Gasteiger partial charge in [0.1, 0.15) is 6.61 Å². The number of ether oxygens (including phenoxy) is 1. The van der Waals surface area contributed by atoms with Crippen LogP contribution in [0, 0.1) is 0 Å². The molecule has 126 valence electrons. The van der Waals surface area contributed by atoms with Crippen molar-refractivity contribution in [1.29, 1.82) is 0 Å². The van der Waals surface area contributed by atoms with Gasteiger partial charge in [0.2, 0.25) is 5.88 Å². The van der Waals surface area contributed by atoms with Gasteiger partial charge in [0.05, 0.1) is 5.69 Å². The van der Waals surface area contributed by atoms with Gasteiger partial charge in [-0.05, 0) is 19.0 Å². The molecule has 0 aliphatic carbocycles. The lowest BCUT2D eigenvalue weighted by Crippen LogP contribution is -2.08. The topological polar surface area (TPSA) is 39.1 Å². The third-order valence-corrected chi connectivity index (χ3v) is 3.85. The van der Waals surface area contributed by atoms with E-state index in [0.29, 0.717) is 6.61 Å². The molecule has 0 saturated carbocycles. The van der Waals surface area contributed by atoms with E-state index >= 15 is 0 Å². The van der Waals surface area contributed by atoms with Crippen molar-refractivity contribution in [2.24, 2.45) is 0 Å². The Labute approximate surface area is 139 Å². The molecule has 1 N–H and O–H groups in total. The van der Waals surface area contributed by atoms with Gasteiger partial charge >= 0.3 is 0 Å². The van der Waals surface area contributed by atoms with Crippen LogP contribution in [0.15, 0.2) is 36.4 Å². The first-order valence-electron chi connectivity index (χ1n) is 8.71. The molecule has 1 heterocycles. The van der Waals surface area contributed by atoms with Crippen molar-refractivity contribution >= 4 is 0 Å². The Hall–Kier alpha value is -1.81. The molecule has 4 heteroatoms. The number of rotatable bonds is 11. The van der Waals surface area contributed by atoms with Crippen molar-refractivity contribution in [3.8, 4) is 5.88 Å². The quantitative estimate of drug-likeness (QED) is 0.633. The highest BCUT2D eigenvalue weighted by Crippen LogP contribution is 2.17. The van der Waals surface area contributed by atoms with Gasteiger partial charge in [-0.3, -0.25) is 0 Å². The fraction of sp³-hybridized carbons (Fsp3) is 0.526. The van der Waals surface area contributed by atoms with Crippen molar-refractivity contribution in [3.05, 3.63) is 47.7 Å². The van der Waals surface area contributed by atoms with Gasteiger partial charge in [-0.1, -0.05) is 62.9 Å². The second-order valence-electron chi connectivity index (χ2n) is 5.92. The summed E-state index contributed by atoms with van der Waals surface area (Å²) in [4.78, 5) is 0. The van der Waals surface area contributed by atoms with Gasteiger partial charge < -0.3 is 10.1 Å². The molecule has 4 nitrogen and oxygen atoms in total. The van der Waals surface area contributed by atoms with Crippen LogP contribution < -0.4 is 10.1 Å². The van der Waals surface area contributed by atoms with Crippen molar-refractivity contribution in [1.82, 2.24) is 15.1 Å². The minimum atomic E-state index is 0.585. The van der Waals surface area contributed by atoms with Crippen LogP contribution in [0.4, 0.5) is 0 Å². The zero-order valence-corrected chi connectivity index (χ0v) is 14.4. The van der Waals surface area contributed by atoms with Crippen molar-refractivity contribution < 1.29 is 4.74 Å². The van der Waals surface area contributed by atoms with Crippen molar-refractivity contribution in [3.63, 3.8) is 0 Å². The summed E-state index contributed by atoms with van der Waals surface area (Å²) in [6.07, 6.45) is 6.32. The Morgan fingerprint density at radius 3 is 2.61 bits per heavy atom. The molecule has 0 radical (unpaired) electrons. The van der Waals surface area contributed by atoms with Gasteiger partial charge in [-0.2, -0.15) is 5.10 Å². The lowest BCUT2D eigenvalue weighted by molar-refractivity contribution is 0.270. The van der Waals surface area contributed by atoms with Gasteiger partial charge in [0, 0.05) is 19.2 Å². The molecule has 0 spiro atoms. The number of aryl methyl sites for hydroxylation is 1. The molecule has 23 heavy (non-hydrogen) atoms. The summed E-state index contributed by atoms with van der Waals surface area (Å²) in [5.74, 6) is 0.870. The maximum Gasteiger partial charge on any atom is 0.212 e. The predicted octanol–water partition coefficient (Wildman–Crippen LogP) is 4.15. The maximum atomic E-state index is 6.00. The Morgan fingerprint density at radius 1 is 1.09 bits per heavy atom. The summed E-state index contributed by atoms with van der Waals surface area (Å²) in [7, 11) is 1.94. The Kier molecular flexibility index (Phi) is 7.67. The molecule has 0 aliphatic heterocycles. The number of hydrogen-bond acceptors (Lipinski definition) is 3. The van der Waals surface area contributed by atoms with Crippen LogP contribution in [-0.4, -0.2) is 16.8 Å². The van der Waals surface area contributed by atoms with Crippen LogP contribution >= 0.6 is 0 Å². The Bertz CT molecular complexity index is 551. The van der Waals surface area contributed by atoms with E-state index in [2.05, 4.69) is 29.5 Å². The SMILES string of the molecule is CCCCCCCn1nc(CNC)cc1OCc1ccccc1. The number of benzene rings is 1. The van der Waals surface area contributed by atoms with Gasteiger partial charge in [0.15, 0.2) is 0 Å². The summed E-state index contributed by atoms with van der Waals surface area (Å²) in [5, 5.41) is 7.81. The smallest absolute Gasteiger partial charge is 0.212 e. The number of nitrogens with one attached hydrogen (secondary N) is 1. The van der Waals surface area contributed by atoms with E-state index in [4.69, 9.17) is 4.74 Å². The van der Waals surface area contributed by atoms with E-state index in [0.717, 1.165) is 31.1 Å². The largest absolute Gasteiger partial charge is 0.473 e. The third-order valence-electron chi connectivity index (χ3n) is 3.85. The summed E-state index contributed by atoms with van der Waals surface area (Å²) in [6.45, 7) is 4.52. The Morgan fingerprint density at radius 2 is 1.87 bits per heavy atom. The van der Waals surface area contributed by atoms with E-state index in [1.807, 2.05) is 36.0 Å². The predicted molar refractivity (Wildman–Crippen MR) is 94.5 cm³/mol. The van der Waals surface area contributed by atoms with Gasteiger partial charge in [-0.15, -0.1) is 0 Å². The van der Waals surface area contributed by atoms with E-state index < -0.39 is 0 Å². The first-order valence-corrected chi connectivity index (χ1v) is 8.71. The third kappa shape index (κ3) is 6.06. The number of hydrogen-bond donors (Lipinski definition) is 1. The minimum absolute atomic E-state index is 0.585. The number of nitrogens with zero attached hydrogens (tertiary/aromatic N) is 2. The fourth-order valence-corrected chi connectivity index (χ4v) is 2.59. The molecule has 0 aliphatic rings. The van der Waals surface area contributed by atoms with E-state index in [1.165, 1.54) is 31.2 Å². The highest BCUT2D eigenvalue weighted by Gasteiger charge is 2.09. The Balaban J connectivity index is 1.92. The number of aromatic nitrogens is 2. The summed E-state index contributed by atoms with van der Waals surface area (Å²) in [6, 6.07) is 12.3. The molecule has 0 atom stereocenters. The van der Waals surface area contributed by atoms with Crippen LogP contribution in [0.2, 0.25) is 0 Å². The van der Waals surface area contributed by atoms with Crippen LogP contribution in [0.1, 0.15) is 50.3 Å². The lowest BCUT2D eigenvalue weighted by Gasteiger charge is -2.09. The van der Waals surface area contributed by atoms with Crippen LogP contribution in [-0.2, 0) is 19.7 Å². The molecule has 0 saturated heterocycles. The summed E-state index contributed by atoms with van der Waals surface area (Å²) < 4.78 is 8.02. The molecule has 2 aromatic rings. The maximum absolute atomic E-state index is 6.00. The molecule has 0 fully saturated rings. The second kappa shape index (κ2) is 10.1. The molecule has 2 rings (SSSR count). The average molecular weight is 315 g/mol. The monoisotopic (exact) mass is 315 g/mol. The second-order valence-corrected chi connectivity index (χ2v) is 5.92. The molecule has 1 aromatic carbocycles. The van der Waals surface area contributed by atoms with Crippen molar-refractivity contribution in [2.75, 3.05) is 7.05 Å². The van der Waals surface area contributed by atoms with Crippen molar-refractivity contribution in [2.45, 2.75) is 58.7 Å². The van der Waals surface area contributed by atoms with E-state index in [1.54, 1.807) is 0 Å².